The first-order chi connectivity index (χ1) is 14.0. The molecule has 29 heavy (non-hydrogen) atoms. The Morgan fingerprint density at radius 3 is 2.21 bits per heavy atom. The Morgan fingerprint density at radius 1 is 0.862 bits per heavy atom. The van der Waals surface area contributed by atoms with Gasteiger partial charge >= 0.3 is 5.97 Å². The Kier molecular flexibility index (Phi) is 5.10. The van der Waals surface area contributed by atoms with Gasteiger partial charge in [-0.3, -0.25) is 4.79 Å². The molecule has 144 valence electrons. The number of ketones is 1. The molecule has 0 atom stereocenters. The van der Waals surface area contributed by atoms with E-state index in [0.717, 1.165) is 15.3 Å². The van der Waals surface area contributed by atoms with Gasteiger partial charge in [0.1, 0.15) is 5.75 Å². The van der Waals surface area contributed by atoms with Gasteiger partial charge in [-0.15, -0.1) is 0 Å². The van der Waals surface area contributed by atoms with E-state index >= 15 is 0 Å². The summed E-state index contributed by atoms with van der Waals surface area (Å²) in [6, 6.07) is 20.9. The molecular weight excluding hydrogens is 384 g/mol. The zero-order chi connectivity index (χ0) is 20.4. The maximum atomic E-state index is 12.5. The van der Waals surface area contributed by atoms with Crippen molar-refractivity contribution in [1.82, 2.24) is 4.98 Å². The van der Waals surface area contributed by atoms with Crippen molar-refractivity contribution in [2.75, 3.05) is 19.0 Å². The highest BCUT2D eigenvalue weighted by Gasteiger charge is 2.13. The van der Waals surface area contributed by atoms with Crippen LogP contribution in [-0.2, 0) is 0 Å². The van der Waals surface area contributed by atoms with Crippen molar-refractivity contribution in [2.45, 2.75) is 0 Å². The molecule has 0 aliphatic rings. The first-order valence-electron chi connectivity index (χ1n) is 9.01. The Bertz CT molecular complexity index is 1180. The number of fused-ring (bicyclic) bond motifs is 1. The van der Waals surface area contributed by atoms with E-state index in [1.165, 1.54) is 11.3 Å². The predicted octanol–water partition coefficient (Wildman–Crippen LogP) is 4.81. The average molecular weight is 402 g/mol. The van der Waals surface area contributed by atoms with E-state index in [9.17, 15) is 9.59 Å². The summed E-state index contributed by atoms with van der Waals surface area (Å²) in [5.41, 5.74) is 2.38. The second kappa shape index (κ2) is 7.85. The average Bonchev–Trinajstić information content (AvgIpc) is 3.18. The van der Waals surface area contributed by atoms with Crippen LogP contribution in [0.2, 0.25) is 0 Å². The van der Waals surface area contributed by atoms with Crippen LogP contribution in [-0.4, -0.2) is 30.8 Å². The zero-order valence-corrected chi connectivity index (χ0v) is 16.8. The van der Waals surface area contributed by atoms with E-state index in [1.54, 1.807) is 42.5 Å². The molecule has 4 rings (SSSR count). The van der Waals surface area contributed by atoms with Crippen LogP contribution in [0, 0.1) is 0 Å². The van der Waals surface area contributed by atoms with Crippen LogP contribution in [0.4, 0.5) is 5.13 Å². The van der Waals surface area contributed by atoms with Gasteiger partial charge in [-0.05, 0) is 24.3 Å². The van der Waals surface area contributed by atoms with Crippen LogP contribution in [0.5, 0.6) is 5.75 Å². The van der Waals surface area contributed by atoms with Crippen molar-refractivity contribution in [1.29, 1.82) is 0 Å². The number of hydrogen-bond acceptors (Lipinski definition) is 6. The predicted molar refractivity (Wildman–Crippen MR) is 115 cm³/mol. The highest BCUT2D eigenvalue weighted by molar-refractivity contribution is 7.22. The normalized spacial score (nSPS) is 10.7. The third kappa shape index (κ3) is 4.02. The van der Waals surface area contributed by atoms with Crippen molar-refractivity contribution in [3.63, 3.8) is 0 Å². The lowest BCUT2D eigenvalue weighted by Gasteiger charge is -2.06. The van der Waals surface area contributed by atoms with Gasteiger partial charge in [0.2, 0.25) is 0 Å². The van der Waals surface area contributed by atoms with Crippen molar-refractivity contribution in [3.05, 3.63) is 89.5 Å². The van der Waals surface area contributed by atoms with Crippen molar-refractivity contribution in [3.8, 4) is 5.75 Å². The van der Waals surface area contributed by atoms with Gasteiger partial charge < -0.3 is 9.64 Å². The zero-order valence-electron chi connectivity index (χ0n) is 16.0. The van der Waals surface area contributed by atoms with Gasteiger partial charge in [0.25, 0.3) is 0 Å². The molecule has 0 bridgehead atoms. The van der Waals surface area contributed by atoms with Crippen LogP contribution in [0.1, 0.15) is 26.3 Å². The number of carbonyl (C=O) groups is 2. The van der Waals surface area contributed by atoms with Crippen LogP contribution in [0.15, 0.2) is 72.8 Å². The molecule has 5 nitrogen and oxygen atoms in total. The molecule has 1 aromatic heterocycles. The molecule has 0 aliphatic carbocycles. The van der Waals surface area contributed by atoms with Crippen molar-refractivity contribution >= 4 is 38.4 Å². The largest absolute Gasteiger partial charge is 0.423 e. The SMILES string of the molecule is CN(C)c1nc2ccc(OC(=O)c3ccc(C(=O)c4ccccc4)cc3)cc2s1. The monoisotopic (exact) mass is 402 g/mol. The third-order valence-electron chi connectivity index (χ3n) is 4.36. The third-order valence-corrected chi connectivity index (χ3v) is 5.55. The lowest BCUT2D eigenvalue weighted by Crippen LogP contribution is -2.09. The molecule has 0 amide bonds. The topological polar surface area (TPSA) is 59.5 Å². The maximum absolute atomic E-state index is 12.5. The van der Waals surface area contributed by atoms with Crippen LogP contribution >= 0.6 is 11.3 Å². The van der Waals surface area contributed by atoms with Gasteiger partial charge in [0, 0.05) is 31.3 Å². The summed E-state index contributed by atoms with van der Waals surface area (Å²) in [7, 11) is 3.87. The molecule has 3 aromatic carbocycles. The van der Waals surface area contributed by atoms with Gasteiger partial charge in [0.05, 0.1) is 15.8 Å². The second-order valence-electron chi connectivity index (χ2n) is 6.68. The first kappa shape index (κ1) is 18.8. The summed E-state index contributed by atoms with van der Waals surface area (Å²) in [5, 5.41) is 0.891. The van der Waals surface area contributed by atoms with Gasteiger partial charge in [-0.25, -0.2) is 9.78 Å². The van der Waals surface area contributed by atoms with E-state index < -0.39 is 5.97 Å². The fourth-order valence-electron chi connectivity index (χ4n) is 2.83. The lowest BCUT2D eigenvalue weighted by atomic mass is 10.0. The molecule has 4 aromatic rings. The molecule has 0 unspecified atom stereocenters. The Labute approximate surface area is 172 Å². The number of benzene rings is 3. The molecule has 1 heterocycles. The Hall–Kier alpha value is -3.51. The van der Waals surface area contributed by atoms with E-state index in [4.69, 9.17) is 4.74 Å². The fraction of sp³-hybridized carbons (Fsp3) is 0.0870. The van der Waals surface area contributed by atoms with Crippen LogP contribution < -0.4 is 9.64 Å². The Morgan fingerprint density at radius 2 is 1.52 bits per heavy atom. The molecule has 0 radical (unpaired) electrons. The van der Waals surface area contributed by atoms with E-state index in [0.29, 0.717) is 22.4 Å². The van der Waals surface area contributed by atoms with Gasteiger partial charge in [-0.1, -0.05) is 53.8 Å². The summed E-state index contributed by atoms with van der Waals surface area (Å²) in [6.45, 7) is 0. The molecule has 6 heteroatoms. The summed E-state index contributed by atoms with van der Waals surface area (Å²) in [5.74, 6) is -0.0980. The smallest absolute Gasteiger partial charge is 0.343 e. The summed E-state index contributed by atoms with van der Waals surface area (Å²) >= 11 is 1.53. The lowest BCUT2D eigenvalue weighted by molar-refractivity contribution is 0.0734. The number of ether oxygens (including phenoxy) is 1. The second-order valence-corrected chi connectivity index (χ2v) is 7.69. The van der Waals surface area contributed by atoms with Crippen molar-refractivity contribution in [2.24, 2.45) is 0 Å². The van der Waals surface area contributed by atoms with Gasteiger partial charge in [0.15, 0.2) is 10.9 Å². The summed E-state index contributed by atoms with van der Waals surface area (Å²) in [6.07, 6.45) is 0. The molecule has 0 N–H and O–H groups in total. The number of aromatic nitrogens is 1. The molecule has 0 aliphatic heterocycles. The summed E-state index contributed by atoms with van der Waals surface area (Å²) in [4.78, 5) is 31.4. The highest BCUT2D eigenvalue weighted by Crippen LogP contribution is 2.30. The van der Waals surface area contributed by atoms with E-state index in [-0.39, 0.29) is 5.78 Å². The van der Waals surface area contributed by atoms with Gasteiger partial charge in [-0.2, -0.15) is 0 Å². The van der Waals surface area contributed by atoms with Crippen molar-refractivity contribution < 1.29 is 14.3 Å². The maximum Gasteiger partial charge on any atom is 0.343 e. The highest BCUT2D eigenvalue weighted by atomic mass is 32.1. The minimum atomic E-state index is -0.472. The molecule has 0 saturated heterocycles. The van der Waals surface area contributed by atoms with E-state index in [2.05, 4.69) is 4.98 Å². The molecule has 0 saturated carbocycles. The number of hydrogen-bond donors (Lipinski definition) is 0. The van der Waals surface area contributed by atoms with Crippen LogP contribution in [0.25, 0.3) is 10.2 Å². The fourth-order valence-corrected chi connectivity index (χ4v) is 3.74. The van der Waals surface area contributed by atoms with E-state index in [1.807, 2.05) is 49.3 Å². The number of esters is 1. The standard InChI is InChI=1S/C23H18N2O3S/c1-25(2)23-24-19-13-12-18(14-20(19)29-23)28-22(27)17-10-8-16(9-11-17)21(26)15-6-4-3-5-7-15/h3-14H,1-2H3. The molecular formula is C23H18N2O3S. The number of rotatable bonds is 5. The number of nitrogens with zero attached hydrogens (tertiary/aromatic N) is 2. The molecule has 0 spiro atoms. The minimum absolute atomic E-state index is 0.0853. The number of carbonyl (C=O) groups excluding carboxylic acids is 2. The minimum Gasteiger partial charge on any atom is -0.423 e. The quantitative estimate of drug-likeness (QED) is 0.272. The number of thiazole rings is 1. The van der Waals surface area contributed by atoms with Crippen LogP contribution in [0.3, 0.4) is 0 Å². The summed E-state index contributed by atoms with van der Waals surface area (Å²) < 4.78 is 6.45. The number of anilines is 1. The molecule has 0 fully saturated rings. The first-order valence-corrected chi connectivity index (χ1v) is 9.83. The Balaban J connectivity index is 1.50.